The van der Waals surface area contributed by atoms with Crippen molar-refractivity contribution in [2.45, 2.75) is 164 Å². The molecule has 408 valence electrons. The zero-order valence-electron chi connectivity index (χ0n) is 42.9. The molecule has 0 unspecified atom stereocenters. The number of cyclic esters (lactones) is 2. The maximum atomic E-state index is 13.0. The summed E-state index contributed by atoms with van der Waals surface area (Å²) < 4.78 is 83.3. The fraction of sp³-hybridized carbons (Fsp3) is 0.517. The molecular formula is C58H68O18. The van der Waals surface area contributed by atoms with Gasteiger partial charge in [-0.05, 0) is 47.9 Å². The Morgan fingerprint density at radius 1 is 0.368 bits per heavy atom. The molecule has 6 fully saturated rings. The Hall–Kier alpha value is -5.64. The predicted octanol–water partition coefficient (Wildman–Crippen LogP) is 6.65. The van der Waals surface area contributed by atoms with Crippen LogP contribution in [0.1, 0.15) is 73.6 Å². The van der Waals surface area contributed by atoms with Gasteiger partial charge >= 0.3 is 23.9 Å². The van der Waals surface area contributed by atoms with Crippen molar-refractivity contribution < 1.29 is 85.5 Å². The zero-order chi connectivity index (χ0) is 52.6. The van der Waals surface area contributed by atoms with Gasteiger partial charge in [0.15, 0.2) is 24.8 Å². The highest BCUT2D eigenvalue weighted by Gasteiger charge is 2.53. The standard InChI is InChI=1S/2C29H34O9/c2*1-32-29-28(35-17-20-10-6-3-7-11-20)27(34-16-19-8-4-2-5-9-19)26-23(37-29)18-33-24(30)14-12-21-22(36-21)13-15-25(31)38-26/h2*2-11,21-23,26-29H,12-18H2,1H3/t2*21-,22-,23+,26-,27-,28+,29+/m00/s1. The SMILES string of the molecule is CO[C@@H]1O[C@@H]2COC(=O)CC[C@@H]3O[C@H]3CCC(=O)O[C@@H]2[C@H](OCc2ccccc2)[C@H]1OCc1ccccc1.CO[C@@H]1O[C@@H]2COC(=O)CC[C@@H]3O[C@H]3CCC(=O)O[C@@H]2[C@H](OCc2ccccc2)[C@H]1OCc1ccccc1. The van der Waals surface area contributed by atoms with Crippen LogP contribution in [0.5, 0.6) is 0 Å². The van der Waals surface area contributed by atoms with Gasteiger partial charge in [-0.15, -0.1) is 0 Å². The second-order valence-electron chi connectivity index (χ2n) is 19.5. The molecule has 76 heavy (non-hydrogen) atoms. The van der Waals surface area contributed by atoms with Crippen LogP contribution in [0.15, 0.2) is 121 Å². The number of hydrogen-bond donors (Lipinski definition) is 0. The fourth-order valence-electron chi connectivity index (χ4n) is 9.82. The molecule has 0 amide bonds. The Bertz CT molecular complexity index is 2260. The third-order valence-corrected chi connectivity index (χ3v) is 14.0. The molecule has 0 spiro atoms. The molecule has 6 aliphatic rings. The minimum atomic E-state index is -0.886. The fourth-order valence-corrected chi connectivity index (χ4v) is 9.82. The quantitative estimate of drug-likeness (QED) is 0.0737. The average Bonchev–Trinajstić information content (AvgIpc) is 4.41. The molecule has 6 saturated heterocycles. The van der Waals surface area contributed by atoms with Gasteiger partial charge in [-0.3, -0.25) is 19.2 Å². The van der Waals surface area contributed by atoms with Crippen molar-refractivity contribution in [3.63, 3.8) is 0 Å². The minimum absolute atomic E-state index is 0.0229. The lowest BCUT2D eigenvalue weighted by molar-refractivity contribution is -0.316. The van der Waals surface area contributed by atoms with E-state index in [1.165, 1.54) is 14.2 Å². The molecule has 18 nitrogen and oxygen atoms in total. The van der Waals surface area contributed by atoms with Crippen molar-refractivity contribution in [1.82, 2.24) is 0 Å². The van der Waals surface area contributed by atoms with Gasteiger partial charge in [0, 0.05) is 39.9 Å². The highest BCUT2D eigenvalue weighted by molar-refractivity contribution is 5.71. The smallest absolute Gasteiger partial charge is 0.306 e. The number of carbonyl (C=O) groups excluding carboxylic acids is 4. The van der Waals surface area contributed by atoms with Crippen LogP contribution in [0.4, 0.5) is 0 Å². The van der Waals surface area contributed by atoms with Gasteiger partial charge in [0.05, 0.1) is 50.8 Å². The molecule has 6 heterocycles. The molecule has 0 aliphatic carbocycles. The molecule has 6 aliphatic heterocycles. The van der Waals surface area contributed by atoms with Crippen LogP contribution in [0, 0.1) is 0 Å². The maximum Gasteiger partial charge on any atom is 0.306 e. The molecule has 4 aromatic rings. The van der Waals surface area contributed by atoms with E-state index in [0.29, 0.717) is 25.7 Å². The van der Waals surface area contributed by atoms with Crippen molar-refractivity contribution in [2.24, 2.45) is 0 Å². The van der Waals surface area contributed by atoms with Crippen LogP contribution in [0.2, 0.25) is 0 Å². The highest BCUT2D eigenvalue weighted by Crippen LogP contribution is 2.36. The van der Waals surface area contributed by atoms with Crippen molar-refractivity contribution in [1.29, 1.82) is 0 Å². The average molecular weight is 1050 g/mol. The number of rotatable bonds is 14. The topological polar surface area (TPSA) is 204 Å². The first-order valence-electron chi connectivity index (χ1n) is 26.2. The third-order valence-electron chi connectivity index (χ3n) is 14.0. The largest absolute Gasteiger partial charge is 0.463 e. The molecule has 14 atom stereocenters. The summed E-state index contributed by atoms with van der Waals surface area (Å²) >= 11 is 0. The number of carbonyl (C=O) groups is 4. The Morgan fingerprint density at radius 3 is 0.961 bits per heavy atom. The molecule has 0 N–H and O–H groups in total. The number of fused-ring (bicyclic) bond motifs is 4. The Morgan fingerprint density at radius 2 is 0.658 bits per heavy atom. The summed E-state index contributed by atoms with van der Waals surface area (Å²) in [6.07, 6.45) is -5.09. The van der Waals surface area contributed by atoms with E-state index < -0.39 is 73.4 Å². The monoisotopic (exact) mass is 1050 g/mol. The normalized spacial score (nSPS) is 31.9. The highest BCUT2D eigenvalue weighted by atomic mass is 16.7. The van der Waals surface area contributed by atoms with Gasteiger partial charge < -0.3 is 66.3 Å². The van der Waals surface area contributed by atoms with Crippen molar-refractivity contribution in [2.75, 3.05) is 27.4 Å². The van der Waals surface area contributed by atoms with Crippen LogP contribution in [-0.4, -0.2) is 137 Å². The second kappa shape index (κ2) is 27.6. The lowest BCUT2D eigenvalue weighted by Gasteiger charge is -2.45. The van der Waals surface area contributed by atoms with E-state index in [1.807, 2.05) is 121 Å². The van der Waals surface area contributed by atoms with Gasteiger partial charge in [0.2, 0.25) is 0 Å². The third kappa shape index (κ3) is 15.7. The summed E-state index contributed by atoms with van der Waals surface area (Å²) in [4.78, 5) is 50.8. The molecule has 0 saturated carbocycles. The molecular weight excluding hydrogens is 985 g/mol. The Balaban J connectivity index is 0.000000186. The van der Waals surface area contributed by atoms with Crippen LogP contribution < -0.4 is 0 Å². The first kappa shape index (κ1) is 55.1. The maximum absolute atomic E-state index is 13.0. The van der Waals surface area contributed by atoms with Gasteiger partial charge in [-0.1, -0.05) is 121 Å². The summed E-state index contributed by atoms with van der Waals surface area (Å²) in [5, 5.41) is 0. The summed E-state index contributed by atoms with van der Waals surface area (Å²) in [5.74, 6) is -1.50. The second-order valence-corrected chi connectivity index (χ2v) is 19.5. The molecule has 0 bridgehead atoms. The number of esters is 4. The summed E-state index contributed by atoms with van der Waals surface area (Å²) in [7, 11) is 3.03. The molecule has 0 aromatic heterocycles. The van der Waals surface area contributed by atoms with E-state index >= 15 is 0 Å². The molecule has 0 radical (unpaired) electrons. The minimum Gasteiger partial charge on any atom is -0.463 e. The first-order chi connectivity index (χ1) is 37.2. The number of hydrogen-bond acceptors (Lipinski definition) is 18. The van der Waals surface area contributed by atoms with Gasteiger partial charge in [0.25, 0.3) is 0 Å². The van der Waals surface area contributed by atoms with Gasteiger partial charge in [-0.2, -0.15) is 0 Å². The first-order valence-corrected chi connectivity index (χ1v) is 26.2. The summed E-state index contributed by atoms with van der Waals surface area (Å²) in [6.45, 7) is 0.849. The summed E-state index contributed by atoms with van der Waals surface area (Å²) in [6, 6.07) is 38.8. The van der Waals surface area contributed by atoms with E-state index in [1.54, 1.807) is 0 Å². The zero-order valence-corrected chi connectivity index (χ0v) is 42.9. The van der Waals surface area contributed by atoms with Gasteiger partial charge in [0.1, 0.15) is 49.8 Å². The Labute approximate surface area is 442 Å². The molecule has 4 aromatic carbocycles. The number of ether oxygens (including phenoxy) is 14. The van der Waals surface area contributed by atoms with Crippen molar-refractivity contribution in [3.05, 3.63) is 144 Å². The van der Waals surface area contributed by atoms with Gasteiger partial charge in [-0.25, -0.2) is 0 Å². The molecule has 10 rings (SSSR count). The number of epoxide rings is 2. The van der Waals surface area contributed by atoms with Crippen LogP contribution in [-0.2, 0) is 112 Å². The van der Waals surface area contributed by atoms with Crippen LogP contribution in [0.3, 0.4) is 0 Å². The van der Waals surface area contributed by atoms with E-state index in [0.717, 1.165) is 22.3 Å². The Kier molecular flexibility index (Phi) is 20.0. The molecule has 18 heteroatoms. The van der Waals surface area contributed by atoms with E-state index in [9.17, 15) is 19.2 Å². The van der Waals surface area contributed by atoms with Crippen LogP contribution in [0.25, 0.3) is 0 Å². The van der Waals surface area contributed by atoms with Crippen LogP contribution >= 0.6 is 0 Å². The lowest BCUT2D eigenvalue weighted by Crippen LogP contribution is -2.62. The van der Waals surface area contributed by atoms with Crippen molar-refractivity contribution >= 4 is 23.9 Å². The van der Waals surface area contributed by atoms with E-state index in [-0.39, 0.29) is 102 Å². The number of methoxy groups -OCH3 is 2. The van der Waals surface area contributed by atoms with E-state index in [2.05, 4.69) is 0 Å². The predicted molar refractivity (Wildman–Crippen MR) is 267 cm³/mol. The lowest BCUT2D eigenvalue weighted by atomic mass is 9.98. The summed E-state index contributed by atoms with van der Waals surface area (Å²) in [5.41, 5.74) is 3.83. The van der Waals surface area contributed by atoms with Crippen molar-refractivity contribution in [3.8, 4) is 0 Å². The van der Waals surface area contributed by atoms with E-state index in [4.69, 9.17) is 66.3 Å². The number of benzene rings is 4.